The number of nitrogens with zero attached hydrogens (tertiary/aromatic N) is 2. The van der Waals surface area contributed by atoms with Gasteiger partial charge in [-0.15, -0.1) is 12.4 Å². The van der Waals surface area contributed by atoms with Crippen LogP contribution in [0, 0.1) is 6.92 Å². The Morgan fingerprint density at radius 1 is 1.33 bits per heavy atom. The standard InChI is InChI=1S/C15H20N4O.ClH/c1-4-16-9-12-7-5-6-8-14(12)18-15(20)13-10-17-19(3)11(13)2;/h5-8,10,16H,4,9H2,1-3H3,(H,18,20);1H. The molecule has 0 atom stereocenters. The normalized spacial score (nSPS) is 10.0. The average molecular weight is 309 g/mol. The molecule has 6 heteroatoms. The third-order valence-corrected chi connectivity index (χ3v) is 3.31. The zero-order chi connectivity index (χ0) is 14.5. The second-order valence-corrected chi connectivity index (χ2v) is 4.66. The van der Waals surface area contributed by atoms with Gasteiger partial charge in [-0.1, -0.05) is 25.1 Å². The number of nitrogens with one attached hydrogen (secondary N) is 2. The molecule has 114 valence electrons. The molecule has 0 aliphatic carbocycles. The largest absolute Gasteiger partial charge is 0.322 e. The molecule has 0 aliphatic rings. The van der Waals surface area contributed by atoms with Crippen molar-refractivity contribution >= 4 is 24.0 Å². The smallest absolute Gasteiger partial charge is 0.259 e. The summed E-state index contributed by atoms with van der Waals surface area (Å²) in [5.74, 6) is -0.125. The highest BCUT2D eigenvalue weighted by molar-refractivity contribution is 6.05. The highest BCUT2D eigenvalue weighted by atomic mass is 35.5. The lowest BCUT2D eigenvalue weighted by Crippen LogP contribution is -2.17. The van der Waals surface area contributed by atoms with Crippen LogP contribution in [0.5, 0.6) is 0 Å². The molecule has 2 aromatic rings. The van der Waals surface area contributed by atoms with Crippen LogP contribution < -0.4 is 10.6 Å². The van der Waals surface area contributed by atoms with E-state index in [1.54, 1.807) is 10.9 Å². The van der Waals surface area contributed by atoms with E-state index in [0.717, 1.165) is 30.0 Å². The van der Waals surface area contributed by atoms with Gasteiger partial charge in [0.05, 0.1) is 11.8 Å². The second-order valence-electron chi connectivity index (χ2n) is 4.66. The van der Waals surface area contributed by atoms with Crippen molar-refractivity contribution in [3.8, 4) is 0 Å². The highest BCUT2D eigenvalue weighted by Crippen LogP contribution is 2.17. The minimum atomic E-state index is -0.125. The van der Waals surface area contributed by atoms with Gasteiger partial charge in [0.25, 0.3) is 5.91 Å². The fraction of sp³-hybridized carbons (Fsp3) is 0.333. The number of aromatic nitrogens is 2. The highest BCUT2D eigenvalue weighted by Gasteiger charge is 2.14. The number of hydrogen-bond acceptors (Lipinski definition) is 3. The lowest BCUT2D eigenvalue weighted by Gasteiger charge is -2.11. The number of para-hydroxylation sites is 1. The van der Waals surface area contributed by atoms with Gasteiger partial charge in [-0.05, 0) is 25.1 Å². The fourth-order valence-corrected chi connectivity index (χ4v) is 1.97. The van der Waals surface area contributed by atoms with Crippen molar-refractivity contribution in [1.29, 1.82) is 0 Å². The van der Waals surface area contributed by atoms with E-state index in [1.807, 2.05) is 38.2 Å². The molecule has 2 rings (SSSR count). The SMILES string of the molecule is CCNCc1ccccc1NC(=O)c1cnn(C)c1C.Cl. The maximum Gasteiger partial charge on any atom is 0.259 e. The first-order valence-electron chi connectivity index (χ1n) is 6.72. The molecule has 0 bridgehead atoms. The number of benzene rings is 1. The first-order chi connectivity index (χ1) is 9.63. The molecular formula is C15H21ClN4O. The summed E-state index contributed by atoms with van der Waals surface area (Å²) in [6, 6.07) is 7.81. The van der Waals surface area contributed by atoms with Crippen LogP contribution in [0.2, 0.25) is 0 Å². The van der Waals surface area contributed by atoms with Crippen molar-refractivity contribution in [2.75, 3.05) is 11.9 Å². The Bertz CT molecular complexity index is 609. The Morgan fingerprint density at radius 2 is 2.05 bits per heavy atom. The fourth-order valence-electron chi connectivity index (χ4n) is 1.97. The summed E-state index contributed by atoms with van der Waals surface area (Å²) in [5, 5.41) is 10.3. The maximum absolute atomic E-state index is 12.3. The molecule has 1 heterocycles. The zero-order valence-electron chi connectivity index (χ0n) is 12.5. The van der Waals surface area contributed by atoms with E-state index >= 15 is 0 Å². The molecule has 2 N–H and O–H groups in total. The van der Waals surface area contributed by atoms with Gasteiger partial charge in [-0.2, -0.15) is 5.10 Å². The van der Waals surface area contributed by atoms with Crippen molar-refractivity contribution in [3.05, 3.63) is 47.3 Å². The van der Waals surface area contributed by atoms with Crippen LogP contribution in [0.25, 0.3) is 0 Å². The zero-order valence-corrected chi connectivity index (χ0v) is 13.3. The average Bonchev–Trinajstić information content (AvgIpc) is 2.78. The number of carbonyl (C=O) groups is 1. The predicted octanol–water partition coefficient (Wildman–Crippen LogP) is 2.51. The lowest BCUT2D eigenvalue weighted by molar-refractivity contribution is 0.102. The quantitative estimate of drug-likeness (QED) is 0.892. The summed E-state index contributed by atoms with van der Waals surface area (Å²) in [5.41, 5.74) is 3.36. The van der Waals surface area contributed by atoms with Crippen molar-refractivity contribution in [3.63, 3.8) is 0 Å². The number of halogens is 1. The topological polar surface area (TPSA) is 58.9 Å². The van der Waals surface area contributed by atoms with Crippen LogP contribution in [0.4, 0.5) is 5.69 Å². The van der Waals surface area contributed by atoms with Gasteiger partial charge < -0.3 is 10.6 Å². The Kier molecular flexibility index (Phi) is 6.39. The number of amides is 1. The Hall–Kier alpha value is -1.85. The van der Waals surface area contributed by atoms with Gasteiger partial charge in [0.1, 0.15) is 0 Å². The van der Waals surface area contributed by atoms with E-state index < -0.39 is 0 Å². The third kappa shape index (κ3) is 4.06. The summed E-state index contributed by atoms with van der Waals surface area (Å²) in [7, 11) is 1.82. The summed E-state index contributed by atoms with van der Waals surface area (Å²) >= 11 is 0. The molecule has 1 aromatic heterocycles. The van der Waals surface area contributed by atoms with Crippen LogP contribution in [-0.2, 0) is 13.6 Å². The molecular weight excluding hydrogens is 288 g/mol. The molecule has 1 aromatic carbocycles. The molecule has 0 saturated heterocycles. The molecule has 1 amide bonds. The molecule has 5 nitrogen and oxygen atoms in total. The predicted molar refractivity (Wildman–Crippen MR) is 87.0 cm³/mol. The van der Waals surface area contributed by atoms with Crippen molar-refractivity contribution < 1.29 is 4.79 Å². The monoisotopic (exact) mass is 308 g/mol. The molecule has 0 radical (unpaired) electrons. The van der Waals surface area contributed by atoms with Gasteiger partial charge in [0.2, 0.25) is 0 Å². The first-order valence-corrected chi connectivity index (χ1v) is 6.72. The van der Waals surface area contributed by atoms with Gasteiger partial charge >= 0.3 is 0 Å². The summed E-state index contributed by atoms with van der Waals surface area (Å²) < 4.78 is 1.69. The molecule has 0 spiro atoms. The van der Waals surface area contributed by atoms with Gasteiger partial charge in [0, 0.05) is 25.0 Å². The van der Waals surface area contributed by atoms with E-state index in [2.05, 4.69) is 22.7 Å². The molecule has 0 fully saturated rings. The number of anilines is 1. The van der Waals surface area contributed by atoms with Crippen LogP contribution in [0.15, 0.2) is 30.5 Å². The van der Waals surface area contributed by atoms with Crippen LogP contribution >= 0.6 is 12.4 Å². The summed E-state index contributed by atoms with van der Waals surface area (Å²) in [6.07, 6.45) is 1.59. The van der Waals surface area contributed by atoms with E-state index in [1.165, 1.54) is 0 Å². The van der Waals surface area contributed by atoms with Crippen LogP contribution in [0.1, 0.15) is 28.5 Å². The molecule has 21 heavy (non-hydrogen) atoms. The maximum atomic E-state index is 12.3. The molecule has 0 aliphatic heterocycles. The number of rotatable bonds is 5. The molecule has 0 unspecified atom stereocenters. The van der Waals surface area contributed by atoms with Crippen molar-refractivity contribution in [2.24, 2.45) is 7.05 Å². The van der Waals surface area contributed by atoms with E-state index in [9.17, 15) is 4.79 Å². The van der Waals surface area contributed by atoms with E-state index in [0.29, 0.717) is 5.56 Å². The minimum absolute atomic E-state index is 0. The lowest BCUT2D eigenvalue weighted by atomic mass is 10.1. The van der Waals surface area contributed by atoms with E-state index in [-0.39, 0.29) is 18.3 Å². The van der Waals surface area contributed by atoms with Gasteiger partial charge in [-0.25, -0.2) is 0 Å². The first kappa shape index (κ1) is 17.2. The minimum Gasteiger partial charge on any atom is -0.322 e. The van der Waals surface area contributed by atoms with Crippen molar-refractivity contribution in [2.45, 2.75) is 20.4 Å². The summed E-state index contributed by atoms with van der Waals surface area (Å²) in [6.45, 7) is 5.57. The van der Waals surface area contributed by atoms with E-state index in [4.69, 9.17) is 0 Å². The number of carbonyl (C=O) groups excluding carboxylic acids is 1. The van der Waals surface area contributed by atoms with Gasteiger partial charge in [-0.3, -0.25) is 9.48 Å². The Labute approximate surface area is 131 Å². The number of hydrogen-bond donors (Lipinski definition) is 2. The van der Waals surface area contributed by atoms with Gasteiger partial charge in [0.15, 0.2) is 0 Å². The van der Waals surface area contributed by atoms with Crippen LogP contribution in [0.3, 0.4) is 0 Å². The summed E-state index contributed by atoms with van der Waals surface area (Å²) in [4.78, 5) is 12.3. The molecule has 0 saturated carbocycles. The Balaban J connectivity index is 0.00000220. The Morgan fingerprint density at radius 3 is 2.67 bits per heavy atom. The number of aryl methyl sites for hydroxylation is 1. The second kappa shape index (κ2) is 7.81. The van der Waals surface area contributed by atoms with Crippen molar-refractivity contribution in [1.82, 2.24) is 15.1 Å². The van der Waals surface area contributed by atoms with Crippen LogP contribution in [-0.4, -0.2) is 22.2 Å². The third-order valence-electron chi connectivity index (χ3n) is 3.31.